The van der Waals surface area contributed by atoms with E-state index in [1.165, 1.54) is 12.1 Å². The van der Waals surface area contributed by atoms with Crippen LogP contribution >= 0.6 is 0 Å². The highest BCUT2D eigenvalue weighted by molar-refractivity contribution is 6.21. The van der Waals surface area contributed by atoms with E-state index in [0.29, 0.717) is 10.8 Å². The molecule has 3 heteroatoms. The molecule has 0 radical (unpaired) electrons. The highest BCUT2D eigenvalue weighted by Gasteiger charge is 2.18. The van der Waals surface area contributed by atoms with Gasteiger partial charge in [0.25, 0.3) is 0 Å². The van der Waals surface area contributed by atoms with E-state index < -0.39 is 11.6 Å². The molecule has 0 atom stereocenters. The maximum Gasteiger partial charge on any atom is 0.194 e. The summed E-state index contributed by atoms with van der Waals surface area (Å²) in [5, 5.41) is 1.81. The number of hydrogen-bond acceptors (Lipinski definition) is 1. The zero-order valence-corrected chi connectivity index (χ0v) is 12.6. The molecule has 0 heterocycles. The molecule has 0 aliphatic carbocycles. The monoisotopic (exact) mass is 318 g/mol. The summed E-state index contributed by atoms with van der Waals surface area (Å²) in [4.78, 5) is 13.0. The number of halogens is 2. The summed E-state index contributed by atoms with van der Waals surface area (Å²) in [6.45, 7) is 0. The van der Waals surface area contributed by atoms with Crippen molar-refractivity contribution in [2.45, 2.75) is 0 Å². The number of carbonyl (C=O) groups is 1. The molecule has 0 unspecified atom stereocenters. The predicted octanol–water partition coefficient (Wildman–Crippen LogP) is 5.50. The van der Waals surface area contributed by atoms with E-state index in [1.54, 1.807) is 60.7 Å². The van der Waals surface area contributed by atoms with Crippen molar-refractivity contribution in [3.63, 3.8) is 0 Å². The van der Waals surface area contributed by atoms with E-state index >= 15 is 0 Å². The van der Waals surface area contributed by atoms with Crippen molar-refractivity contribution in [3.8, 4) is 0 Å². The molecule has 0 bridgehead atoms. The highest BCUT2D eigenvalue weighted by atomic mass is 19.1. The largest absolute Gasteiger partial charge is 0.289 e. The van der Waals surface area contributed by atoms with E-state index in [9.17, 15) is 13.6 Å². The van der Waals surface area contributed by atoms with Crippen molar-refractivity contribution in [2.24, 2.45) is 0 Å². The number of carbonyl (C=O) groups excluding carboxylic acids is 1. The van der Waals surface area contributed by atoms with Crippen LogP contribution in [0.3, 0.4) is 0 Å². The Hall–Kier alpha value is -3.07. The second-order valence-electron chi connectivity index (χ2n) is 5.62. The molecule has 0 aromatic heterocycles. The van der Waals surface area contributed by atoms with Crippen molar-refractivity contribution < 1.29 is 13.6 Å². The second-order valence-corrected chi connectivity index (χ2v) is 5.62. The predicted molar refractivity (Wildman–Crippen MR) is 91.2 cm³/mol. The Morgan fingerprint density at radius 2 is 0.958 bits per heavy atom. The van der Waals surface area contributed by atoms with Crippen LogP contribution in [0.5, 0.6) is 0 Å². The second kappa shape index (κ2) is 5.53. The van der Waals surface area contributed by atoms with Gasteiger partial charge in [-0.1, -0.05) is 60.7 Å². The topological polar surface area (TPSA) is 17.1 Å². The summed E-state index contributed by atoms with van der Waals surface area (Å²) in [7, 11) is 0. The van der Waals surface area contributed by atoms with Crippen molar-refractivity contribution in [1.82, 2.24) is 0 Å². The summed E-state index contributed by atoms with van der Waals surface area (Å²) in [5.41, 5.74) is 0.475. The normalized spacial score (nSPS) is 11.1. The van der Waals surface area contributed by atoms with Crippen LogP contribution in [-0.4, -0.2) is 5.78 Å². The smallest absolute Gasteiger partial charge is 0.194 e. The zero-order chi connectivity index (χ0) is 16.7. The van der Waals surface area contributed by atoms with Gasteiger partial charge in [-0.3, -0.25) is 4.79 Å². The van der Waals surface area contributed by atoms with Gasteiger partial charge in [-0.05, 0) is 22.9 Å². The van der Waals surface area contributed by atoms with Crippen LogP contribution in [0.1, 0.15) is 15.9 Å². The average molecular weight is 318 g/mol. The molecule has 0 aliphatic rings. The van der Waals surface area contributed by atoms with Gasteiger partial charge in [0.2, 0.25) is 0 Å². The lowest BCUT2D eigenvalue weighted by molar-refractivity contribution is 0.104. The van der Waals surface area contributed by atoms with Gasteiger partial charge in [-0.2, -0.15) is 0 Å². The van der Waals surface area contributed by atoms with Crippen LogP contribution in [0.4, 0.5) is 8.78 Å². The quantitative estimate of drug-likeness (QED) is 0.446. The Morgan fingerprint density at radius 3 is 1.38 bits per heavy atom. The average Bonchev–Trinajstić information content (AvgIpc) is 2.61. The van der Waals surface area contributed by atoms with Crippen molar-refractivity contribution >= 4 is 27.3 Å². The minimum absolute atomic E-state index is 0.237. The standard InChI is InChI=1S/C21H12F2O/c22-17-11-3-7-13-5-1-9-15(19(13)17)21(24)16-10-2-6-14-8-4-12-18(23)20(14)16/h1-12H. The molecule has 0 spiro atoms. The number of benzene rings is 4. The third-order valence-corrected chi connectivity index (χ3v) is 4.20. The number of ketones is 1. The van der Waals surface area contributed by atoms with E-state index in [4.69, 9.17) is 0 Å². The van der Waals surface area contributed by atoms with Gasteiger partial charge < -0.3 is 0 Å². The van der Waals surface area contributed by atoms with E-state index in [1.807, 2.05) is 0 Å². The number of hydrogen-bond donors (Lipinski definition) is 0. The molecule has 116 valence electrons. The van der Waals surface area contributed by atoms with Gasteiger partial charge in [-0.15, -0.1) is 0 Å². The summed E-state index contributed by atoms with van der Waals surface area (Å²) in [5.74, 6) is -1.31. The maximum absolute atomic E-state index is 14.3. The molecule has 0 amide bonds. The lowest BCUT2D eigenvalue weighted by Gasteiger charge is -2.10. The minimum Gasteiger partial charge on any atom is -0.289 e. The van der Waals surface area contributed by atoms with Gasteiger partial charge in [-0.25, -0.2) is 8.78 Å². The van der Waals surface area contributed by atoms with Crippen molar-refractivity contribution in [3.05, 3.63) is 95.6 Å². The molecule has 0 aliphatic heterocycles. The lowest BCUT2D eigenvalue weighted by atomic mass is 9.93. The van der Waals surface area contributed by atoms with E-state index in [2.05, 4.69) is 0 Å². The van der Waals surface area contributed by atoms with Crippen LogP contribution in [0.25, 0.3) is 21.5 Å². The molecule has 0 fully saturated rings. The fraction of sp³-hybridized carbons (Fsp3) is 0. The summed E-state index contributed by atoms with van der Waals surface area (Å²) >= 11 is 0. The lowest BCUT2D eigenvalue weighted by Crippen LogP contribution is -2.05. The Kier molecular flexibility index (Phi) is 3.35. The Balaban J connectivity index is 2.02. The van der Waals surface area contributed by atoms with Crippen LogP contribution in [0, 0.1) is 11.6 Å². The molecule has 4 aromatic carbocycles. The summed E-state index contributed by atoms with van der Waals surface area (Å²) in [6, 6.07) is 19.4. The third kappa shape index (κ3) is 2.17. The highest BCUT2D eigenvalue weighted by Crippen LogP contribution is 2.28. The number of rotatable bonds is 2. The minimum atomic E-state index is -0.461. The van der Waals surface area contributed by atoms with E-state index in [-0.39, 0.29) is 27.7 Å². The van der Waals surface area contributed by atoms with E-state index in [0.717, 1.165) is 0 Å². The van der Waals surface area contributed by atoms with Gasteiger partial charge in [0.05, 0.1) is 0 Å². The molecule has 24 heavy (non-hydrogen) atoms. The van der Waals surface area contributed by atoms with Gasteiger partial charge in [0.1, 0.15) is 11.6 Å². The SMILES string of the molecule is O=C(c1cccc2cccc(F)c12)c1cccc2cccc(F)c12. The van der Waals surface area contributed by atoms with Crippen LogP contribution in [0.2, 0.25) is 0 Å². The summed E-state index contributed by atoms with van der Waals surface area (Å²) in [6.07, 6.45) is 0. The number of fused-ring (bicyclic) bond motifs is 2. The molecular weight excluding hydrogens is 306 g/mol. The molecule has 0 saturated heterocycles. The molecule has 4 aromatic rings. The zero-order valence-electron chi connectivity index (χ0n) is 12.6. The Morgan fingerprint density at radius 1 is 0.583 bits per heavy atom. The summed E-state index contributed by atoms with van der Waals surface area (Å²) < 4.78 is 28.6. The van der Waals surface area contributed by atoms with Crippen molar-refractivity contribution in [1.29, 1.82) is 0 Å². The fourth-order valence-corrected chi connectivity index (χ4v) is 3.11. The molecule has 0 N–H and O–H groups in total. The van der Waals surface area contributed by atoms with Crippen molar-refractivity contribution in [2.75, 3.05) is 0 Å². The van der Waals surface area contributed by atoms with Gasteiger partial charge in [0.15, 0.2) is 5.78 Å². The molecule has 1 nitrogen and oxygen atoms in total. The first-order valence-corrected chi connectivity index (χ1v) is 7.56. The van der Waals surface area contributed by atoms with Crippen LogP contribution < -0.4 is 0 Å². The van der Waals surface area contributed by atoms with Crippen LogP contribution in [0.15, 0.2) is 72.8 Å². The Labute approximate surface area is 137 Å². The molecule has 0 saturated carbocycles. The fourth-order valence-electron chi connectivity index (χ4n) is 3.11. The van der Waals surface area contributed by atoms with Crippen LogP contribution in [-0.2, 0) is 0 Å². The maximum atomic E-state index is 14.3. The third-order valence-electron chi connectivity index (χ3n) is 4.20. The molecular formula is C21H12F2O. The van der Waals surface area contributed by atoms with Gasteiger partial charge >= 0.3 is 0 Å². The molecule has 4 rings (SSSR count). The Bertz CT molecular complexity index is 1000. The first-order chi connectivity index (χ1) is 11.7. The van der Waals surface area contributed by atoms with Gasteiger partial charge in [0, 0.05) is 21.9 Å². The first-order valence-electron chi connectivity index (χ1n) is 7.56. The first kappa shape index (κ1) is 14.5.